The summed E-state index contributed by atoms with van der Waals surface area (Å²) in [5, 5.41) is 28.9. The van der Waals surface area contributed by atoms with E-state index in [9.17, 15) is 90.9 Å². The number of quaternary nitrogens is 1. The lowest BCUT2D eigenvalue weighted by molar-refractivity contribution is -0.788. The van der Waals surface area contributed by atoms with Gasteiger partial charge in [0.15, 0.2) is 0 Å². The molecule has 0 bridgehead atoms. The van der Waals surface area contributed by atoms with Crippen LogP contribution in [0.25, 0.3) is 0 Å². The highest BCUT2D eigenvalue weighted by molar-refractivity contribution is 7.85. The molecule has 6 atom stereocenters. The van der Waals surface area contributed by atoms with Gasteiger partial charge in [-0.3, -0.25) is 39.7 Å². The molecule has 0 amide bonds. The first-order valence-corrected chi connectivity index (χ1v) is 27.0. The number of halogens is 12. The largest absolute Gasteiger partial charge is 0.469 e. The molecular weight excluding hydrogens is 1190 g/mol. The molecule has 0 spiro atoms. The summed E-state index contributed by atoms with van der Waals surface area (Å²) < 4.78 is 207. The summed E-state index contributed by atoms with van der Waals surface area (Å²) in [5.41, 5.74) is -9.76. The normalized spacial score (nSPS) is 21.8. The van der Waals surface area contributed by atoms with Crippen LogP contribution >= 0.6 is 13.5 Å². The van der Waals surface area contributed by atoms with Crippen LogP contribution < -0.4 is 10.6 Å². The van der Waals surface area contributed by atoms with Gasteiger partial charge in [0.2, 0.25) is 5.54 Å². The molecule has 4 N–H and O–H groups in total. The van der Waals surface area contributed by atoms with E-state index in [2.05, 4.69) is 14.8 Å². The maximum absolute atomic E-state index is 13.3. The van der Waals surface area contributed by atoms with Gasteiger partial charge in [0, 0.05) is 47.5 Å². The molecule has 2 aliphatic heterocycles. The SMILES string of the molecule is COC(=O)CCC1([N+](=O)[O-])CC[C@@](CO[C@H](C)c2cc(C(F)(F)F)cc(C(F)(F)F)c2)(c2ccccc2)NC1.COC(=O)CC[C@@]1([N+](=O)[O-])CC[C@@](CO[C@H](C)c2cc(C(F)(F)F)cc(C(F)(F)F)c2)(c2ccccc2)[NH2+]C1.CS(=O)(=O)O.S. The first-order valence-electron chi connectivity index (χ1n) is 25.1. The van der Waals surface area contributed by atoms with Crippen molar-refractivity contribution in [3.63, 3.8) is 0 Å². The lowest BCUT2D eigenvalue weighted by atomic mass is 9.75. The van der Waals surface area contributed by atoms with Gasteiger partial charge in [-0.15, -0.1) is 0 Å². The van der Waals surface area contributed by atoms with Crippen molar-refractivity contribution in [1.29, 1.82) is 0 Å². The summed E-state index contributed by atoms with van der Waals surface area (Å²) in [7, 11) is -1.30. The Balaban J connectivity index is 0.000000403. The lowest BCUT2D eigenvalue weighted by Crippen LogP contribution is -3.01. The van der Waals surface area contributed by atoms with Crippen molar-refractivity contribution >= 4 is 35.6 Å². The topological polar surface area (TPSA) is 240 Å². The minimum Gasteiger partial charge on any atom is -0.469 e. The van der Waals surface area contributed by atoms with Crippen LogP contribution in [0.2, 0.25) is 0 Å². The molecule has 468 valence electrons. The van der Waals surface area contributed by atoms with E-state index in [0.29, 0.717) is 36.1 Å². The average Bonchev–Trinajstić information content (AvgIpc) is 3.44. The van der Waals surface area contributed by atoms with Crippen molar-refractivity contribution in [1.82, 2.24) is 5.32 Å². The van der Waals surface area contributed by atoms with E-state index in [1.54, 1.807) is 66.0 Å². The minimum atomic E-state index is -5.00. The molecule has 2 fully saturated rings. The molecule has 4 aromatic rings. The van der Waals surface area contributed by atoms with Crippen molar-refractivity contribution in [2.75, 3.05) is 46.8 Å². The highest BCUT2D eigenvalue weighted by atomic mass is 32.2. The van der Waals surface area contributed by atoms with Crippen LogP contribution in [-0.2, 0) is 74.4 Å². The number of nitrogens with zero attached hydrogens (tertiary/aromatic N) is 2. The Morgan fingerprint density at radius 1 is 0.619 bits per heavy atom. The standard InChI is InChI=1S/2C26H28F6N2O5.CH4O3S.H2S/c2*1-17(18-12-20(25(27,28)29)14-21(13-18)26(30,31)32)39-16-24(19-6-4-3-5-7-19)11-10-23(15-33-24,34(36)37)9-8-22(35)38-2;1-5(2,3)4;/h2*3-7,12-14,17,33H,8-11,15-16H2,1-2H3;1H3,(H,2,3,4);1H2/p+1/t17-,23?,24-;17-,23-,24-;;/m11../s1. The molecule has 1 unspecified atom stereocenters. The van der Waals surface area contributed by atoms with Gasteiger partial charge in [0.25, 0.3) is 15.7 Å². The summed E-state index contributed by atoms with van der Waals surface area (Å²) in [6, 6.07) is 20.2. The van der Waals surface area contributed by atoms with E-state index in [1.807, 2.05) is 0 Å². The molecule has 0 radical (unpaired) electrons. The Morgan fingerprint density at radius 2 is 0.976 bits per heavy atom. The molecule has 4 aromatic carbocycles. The van der Waals surface area contributed by atoms with E-state index in [4.69, 9.17) is 14.0 Å². The second-order valence-corrected chi connectivity index (χ2v) is 21.6. The number of piperidine rings is 2. The number of hydrogen-bond acceptors (Lipinski definition) is 13. The van der Waals surface area contributed by atoms with Crippen molar-refractivity contribution in [2.45, 2.75) is 124 Å². The molecule has 0 aliphatic carbocycles. The maximum Gasteiger partial charge on any atom is 0.416 e. The number of nitro groups is 2. The zero-order chi connectivity index (χ0) is 62.6. The fraction of sp³-hybridized carbons (Fsp3) is 0.509. The molecule has 31 heteroatoms. The number of hydrogen-bond donors (Lipinski definition) is 3. The van der Waals surface area contributed by atoms with Crippen molar-refractivity contribution in [3.05, 3.63) is 162 Å². The molecule has 2 aliphatic rings. The molecular formula is C53H63F12N4O13S2+. The predicted octanol–water partition coefficient (Wildman–Crippen LogP) is 10.7. The number of carbonyl (C=O) groups excluding carboxylic acids is 2. The van der Waals surface area contributed by atoms with E-state index in [0.717, 1.165) is 5.56 Å². The van der Waals surface area contributed by atoms with Gasteiger partial charge in [0.05, 0.1) is 86.5 Å². The third-order valence-corrected chi connectivity index (χ3v) is 14.5. The second kappa shape index (κ2) is 28.8. The van der Waals surface area contributed by atoms with E-state index in [1.165, 1.54) is 28.1 Å². The Labute approximate surface area is 481 Å². The van der Waals surface area contributed by atoms with Crippen molar-refractivity contribution in [3.8, 4) is 0 Å². The van der Waals surface area contributed by atoms with Crippen LogP contribution in [0.3, 0.4) is 0 Å². The smallest absolute Gasteiger partial charge is 0.416 e. The van der Waals surface area contributed by atoms with Gasteiger partial charge in [-0.2, -0.15) is 74.6 Å². The highest BCUT2D eigenvalue weighted by Gasteiger charge is 2.55. The lowest BCUT2D eigenvalue weighted by Gasteiger charge is -2.44. The molecule has 0 aromatic heterocycles. The van der Waals surface area contributed by atoms with Crippen LogP contribution in [0.15, 0.2) is 97.1 Å². The van der Waals surface area contributed by atoms with E-state index >= 15 is 0 Å². The van der Waals surface area contributed by atoms with Crippen molar-refractivity contribution in [2.24, 2.45) is 0 Å². The average molecular weight is 1260 g/mol. The maximum atomic E-state index is 13.3. The van der Waals surface area contributed by atoms with Crippen LogP contribution in [0.1, 0.15) is 122 Å². The summed E-state index contributed by atoms with van der Waals surface area (Å²) >= 11 is 0. The monoisotopic (exact) mass is 1260 g/mol. The molecule has 17 nitrogen and oxygen atoms in total. The Bertz CT molecular complexity index is 2700. The minimum absolute atomic E-state index is 0. The number of nitrogens with two attached hydrogens (primary N) is 1. The molecule has 84 heavy (non-hydrogen) atoms. The van der Waals surface area contributed by atoms with E-state index < -0.39 is 113 Å². The van der Waals surface area contributed by atoms with Crippen molar-refractivity contribution < 1.29 is 109 Å². The van der Waals surface area contributed by atoms with Gasteiger partial charge >= 0.3 is 36.6 Å². The van der Waals surface area contributed by atoms with Crippen LogP contribution in [-0.4, -0.2) is 92.6 Å². The summed E-state index contributed by atoms with van der Waals surface area (Å²) in [6.45, 7) is 2.20. The van der Waals surface area contributed by atoms with E-state index in [-0.39, 0.29) is 114 Å². The number of benzene rings is 4. The summed E-state index contributed by atoms with van der Waals surface area (Å²) in [4.78, 5) is 46.4. The van der Waals surface area contributed by atoms with Gasteiger partial charge in [-0.1, -0.05) is 60.7 Å². The highest BCUT2D eigenvalue weighted by Crippen LogP contribution is 2.43. The second-order valence-electron chi connectivity index (χ2n) is 20.2. The first-order chi connectivity index (χ1) is 38.2. The zero-order valence-corrected chi connectivity index (χ0v) is 47.5. The van der Waals surface area contributed by atoms with Gasteiger partial charge < -0.3 is 24.3 Å². The Kier molecular flexibility index (Phi) is 24.8. The third-order valence-electron chi connectivity index (χ3n) is 14.5. The molecule has 0 saturated carbocycles. The van der Waals surface area contributed by atoms with Gasteiger partial charge in [-0.05, 0) is 73.4 Å². The third kappa shape index (κ3) is 20.0. The number of rotatable bonds is 18. The number of nitrogens with one attached hydrogen (secondary N) is 1. The number of alkyl halides is 12. The number of esters is 2. The summed E-state index contributed by atoms with van der Waals surface area (Å²) in [5.74, 6) is -1.17. The fourth-order valence-electron chi connectivity index (χ4n) is 9.44. The summed E-state index contributed by atoms with van der Waals surface area (Å²) in [6.07, 6.45) is -21.5. The molecule has 2 saturated heterocycles. The molecule has 6 rings (SSSR count). The predicted molar refractivity (Wildman–Crippen MR) is 281 cm³/mol. The number of ether oxygens (including phenoxy) is 4. The van der Waals surface area contributed by atoms with Crippen LogP contribution in [0.5, 0.6) is 0 Å². The Morgan fingerprint density at radius 3 is 1.30 bits per heavy atom. The zero-order valence-electron chi connectivity index (χ0n) is 45.6. The first kappa shape index (κ1) is 72.1. The number of methoxy groups -OCH3 is 2. The van der Waals surface area contributed by atoms with Gasteiger partial charge in [-0.25, -0.2) is 0 Å². The molecule has 2 heterocycles. The Hall–Kier alpha value is -6.12. The quantitative estimate of drug-likeness (QED) is 0.0276. The van der Waals surface area contributed by atoms with Gasteiger partial charge in [0.1, 0.15) is 18.7 Å². The fourth-order valence-corrected chi connectivity index (χ4v) is 9.44. The van der Waals surface area contributed by atoms with Crippen LogP contribution in [0, 0.1) is 20.2 Å². The number of carbonyl (C=O) groups is 2. The van der Waals surface area contributed by atoms with Crippen LogP contribution in [0.4, 0.5) is 52.7 Å².